The van der Waals surface area contributed by atoms with Gasteiger partial charge in [0, 0.05) is 23.6 Å². The topological polar surface area (TPSA) is 29.3 Å². The zero-order valence-electron chi connectivity index (χ0n) is 12.7. The van der Waals surface area contributed by atoms with Crippen LogP contribution in [0.1, 0.15) is 11.1 Å². The largest absolute Gasteiger partial charge is 0.399 e. The first-order valence-electron chi connectivity index (χ1n) is 7.47. The lowest BCUT2D eigenvalue weighted by molar-refractivity contribution is 0.964. The number of nitrogens with zero attached hydrogens (tertiary/aromatic N) is 1. The van der Waals surface area contributed by atoms with Crippen LogP contribution >= 0.6 is 0 Å². The van der Waals surface area contributed by atoms with Gasteiger partial charge < -0.3 is 10.6 Å². The number of para-hydroxylation sites is 1. The van der Waals surface area contributed by atoms with Gasteiger partial charge in [-0.15, -0.1) is 0 Å². The van der Waals surface area contributed by atoms with Crippen molar-refractivity contribution in [3.05, 3.63) is 90.0 Å². The average Bonchev–Trinajstić information content (AvgIpc) is 2.56. The molecule has 0 unspecified atom stereocenters. The summed E-state index contributed by atoms with van der Waals surface area (Å²) in [7, 11) is 0. The summed E-state index contributed by atoms with van der Waals surface area (Å²) in [5.74, 6) is 0. The molecule has 0 aliphatic rings. The molecule has 3 aromatic rings. The quantitative estimate of drug-likeness (QED) is 0.691. The van der Waals surface area contributed by atoms with Gasteiger partial charge in [0.05, 0.1) is 0 Å². The first-order chi connectivity index (χ1) is 10.7. The fourth-order valence-electron chi connectivity index (χ4n) is 2.55. The van der Waals surface area contributed by atoms with Crippen LogP contribution in [0, 0.1) is 6.92 Å². The van der Waals surface area contributed by atoms with E-state index in [2.05, 4.69) is 72.5 Å². The van der Waals surface area contributed by atoms with Crippen molar-refractivity contribution in [1.82, 2.24) is 0 Å². The third kappa shape index (κ3) is 3.12. The lowest BCUT2D eigenvalue weighted by atomic mass is 10.1. The van der Waals surface area contributed by atoms with Crippen LogP contribution in [0.4, 0.5) is 17.1 Å². The number of hydrogen-bond acceptors (Lipinski definition) is 2. The molecule has 0 aromatic heterocycles. The molecule has 2 heteroatoms. The molecule has 0 aliphatic heterocycles. The molecule has 0 saturated carbocycles. The minimum atomic E-state index is 0.785. The summed E-state index contributed by atoms with van der Waals surface area (Å²) in [6.07, 6.45) is 0. The van der Waals surface area contributed by atoms with Gasteiger partial charge in [-0.1, -0.05) is 42.5 Å². The van der Waals surface area contributed by atoms with Crippen LogP contribution in [0.3, 0.4) is 0 Å². The molecule has 0 amide bonds. The van der Waals surface area contributed by atoms with Gasteiger partial charge in [0.15, 0.2) is 0 Å². The van der Waals surface area contributed by atoms with E-state index in [1.54, 1.807) is 0 Å². The van der Waals surface area contributed by atoms with Crippen LogP contribution in [0.2, 0.25) is 0 Å². The first kappa shape index (κ1) is 14.2. The maximum Gasteiger partial charge on any atom is 0.0484 e. The highest BCUT2D eigenvalue weighted by Crippen LogP contribution is 2.28. The van der Waals surface area contributed by atoms with Gasteiger partial charge in [-0.3, -0.25) is 0 Å². The Hall–Kier alpha value is -2.74. The second kappa shape index (κ2) is 6.35. The van der Waals surface area contributed by atoms with E-state index in [4.69, 9.17) is 5.73 Å². The molecular formula is C20H20N2. The number of nitrogens with two attached hydrogens (primary N) is 1. The van der Waals surface area contributed by atoms with E-state index in [9.17, 15) is 0 Å². The van der Waals surface area contributed by atoms with Crippen LogP contribution in [-0.2, 0) is 6.54 Å². The van der Waals surface area contributed by atoms with Crippen LogP contribution in [-0.4, -0.2) is 0 Å². The zero-order valence-corrected chi connectivity index (χ0v) is 12.7. The van der Waals surface area contributed by atoms with Gasteiger partial charge in [0.25, 0.3) is 0 Å². The van der Waals surface area contributed by atoms with Crippen LogP contribution in [0.25, 0.3) is 0 Å². The average molecular weight is 288 g/mol. The predicted octanol–water partition coefficient (Wildman–Crippen LogP) is 4.92. The Morgan fingerprint density at radius 2 is 1.32 bits per heavy atom. The molecule has 0 aliphatic carbocycles. The van der Waals surface area contributed by atoms with Crippen LogP contribution in [0.15, 0.2) is 78.9 Å². The van der Waals surface area contributed by atoms with Crippen molar-refractivity contribution in [3.63, 3.8) is 0 Å². The zero-order chi connectivity index (χ0) is 15.4. The lowest BCUT2D eigenvalue weighted by Gasteiger charge is -2.26. The SMILES string of the molecule is Cc1ccccc1CN(c1ccccc1)c1ccc(N)cc1. The Morgan fingerprint density at radius 3 is 2.00 bits per heavy atom. The minimum absolute atomic E-state index is 0.785. The van der Waals surface area contributed by atoms with E-state index in [0.29, 0.717) is 0 Å². The smallest absolute Gasteiger partial charge is 0.0484 e. The second-order valence-corrected chi connectivity index (χ2v) is 5.44. The first-order valence-corrected chi connectivity index (χ1v) is 7.47. The van der Waals surface area contributed by atoms with Crippen molar-refractivity contribution >= 4 is 17.1 Å². The van der Waals surface area contributed by atoms with Gasteiger partial charge in [-0.25, -0.2) is 0 Å². The van der Waals surface area contributed by atoms with Gasteiger partial charge >= 0.3 is 0 Å². The van der Waals surface area contributed by atoms with Gasteiger partial charge in [0.1, 0.15) is 0 Å². The number of rotatable bonds is 4. The molecule has 2 N–H and O–H groups in total. The molecule has 0 radical (unpaired) electrons. The summed E-state index contributed by atoms with van der Waals surface area (Å²) >= 11 is 0. The number of anilines is 3. The summed E-state index contributed by atoms with van der Waals surface area (Å²) < 4.78 is 0. The van der Waals surface area contributed by atoms with Crippen molar-refractivity contribution in [2.75, 3.05) is 10.6 Å². The van der Waals surface area contributed by atoms with Crippen molar-refractivity contribution in [2.45, 2.75) is 13.5 Å². The van der Waals surface area contributed by atoms with E-state index in [1.165, 1.54) is 16.8 Å². The third-order valence-electron chi connectivity index (χ3n) is 3.86. The maximum absolute atomic E-state index is 5.82. The molecule has 22 heavy (non-hydrogen) atoms. The number of nitrogen functional groups attached to an aromatic ring is 1. The van der Waals surface area contributed by atoms with E-state index in [1.807, 2.05) is 18.2 Å². The van der Waals surface area contributed by atoms with Crippen molar-refractivity contribution in [2.24, 2.45) is 0 Å². The highest BCUT2D eigenvalue weighted by atomic mass is 15.1. The summed E-state index contributed by atoms with van der Waals surface area (Å²) in [6, 6.07) is 27.0. The Bertz CT molecular complexity index is 733. The molecule has 2 nitrogen and oxygen atoms in total. The predicted molar refractivity (Wildman–Crippen MR) is 94.3 cm³/mol. The fraction of sp³-hybridized carbons (Fsp3) is 0.100. The Morgan fingerprint density at radius 1 is 0.727 bits per heavy atom. The maximum atomic E-state index is 5.82. The highest BCUT2D eigenvalue weighted by Gasteiger charge is 2.11. The number of aryl methyl sites for hydroxylation is 1. The van der Waals surface area contributed by atoms with E-state index < -0.39 is 0 Å². The third-order valence-corrected chi connectivity index (χ3v) is 3.86. The van der Waals surface area contributed by atoms with E-state index in [-0.39, 0.29) is 0 Å². The molecule has 0 saturated heterocycles. The van der Waals surface area contributed by atoms with Gasteiger partial charge in [-0.05, 0) is 54.4 Å². The monoisotopic (exact) mass is 288 g/mol. The molecule has 0 bridgehead atoms. The second-order valence-electron chi connectivity index (χ2n) is 5.44. The van der Waals surface area contributed by atoms with Gasteiger partial charge in [0.2, 0.25) is 0 Å². The fourth-order valence-corrected chi connectivity index (χ4v) is 2.55. The van der Waals surface area contributed by atoms with E-state index in [0.717, 1.165) is 17.9 Å². The summed E-state index contributed by atoms with van der Waals surface area (Å²) in [4.78, 5) is 2.31. The molecule has 3 rings (SSSR count). The summed E-state index contributed by atoms with van der Waals surface area (Å²) in [5.41, 5.74) is 11.6. The minimum Gasteiger partial charge on any atom is -0.399 e. The standard InChI is InChI=1S/C20H20N2/c1-16-7-5-6-8-17(16)15-22(19-9-3-2-4-10-19)20-13-11-18(21)12-14-20/h2-14H,15,21H2,1H3. The number of hydrogen-bond donors (Lipinski definition) is 1. The Labute approximate surface area is 131 Å². The molecule has 0 fully saturated rings. The van der Waals surface area contributed by atoms with Crippen molar-refractivity contribution in [3.8, 4) is 0 Å². The van der Waals surface area contributed by atoms with E-state index >= 15 is 0 Å². The normalized spacial score (nSPS) is 10.4. The highest BCUT2D eigenvalue weighted by molar-refractivity contribution is 5.65. The van der Waals surface area contributed by atoms with Gasteiger partial charge in [-0.2, -0.15) is 0 Å². The van der Waals surface area contributed by atoms with Crippen LogP contribution < -0.4 is 10.6 Å². The molecule has 110 valence electrons. The molecule has 3 aromatic carbocycles. The van der Waals surface area contributed by atoms with Crippen molar-refractivity contribution in [1.29, 1.82) is 0 Å². The molecule has 0 atom stereocenters. The molecule has 0 spiro atoms. The summed E-state index contributed by atoms with van der Waals surface area (Å²) in [6.45, 7) is 2.99. The summed E-state index contributed by atoms with van der Waals surface area (Å²) in [5, 5.41) is 0. The molecule has 0 heterocycles. The number of benzene rings is 3. The Kier molecular flexibility index (Phi) is 4.10. The molecular weight excluding hydrogens is 268 g/mol. The lowest BCUT2D eigenvalue weighted by Crippen LogP contribution is -2.17. The van der Waals surface area contributed by atoms with Crippen molar-refractivity contribution < 1.29 is 0 Å². The van der Waals surface area contributed by atoms with Crippen LogP contribution in [0.5, 0.6) is 0 Å². The Balaban J connectivity index is 2.00.